The van der Waals surface area contributed by atoms with Gasteiger partial charge < -0.3 is 4.74 Å². The number of benzene rings is 2. The molecule has 0 bridgehead atoms. The van der Waals surface area contributed by atoms with E-state index in [1.807, 2.05) is 19.1 Å². The fraction of sp³-hybridized carbons (Fsp3) is 0.333. The maximum absolute atomic E-state index is 13.2. The molecule has 0 saturated heterocycles. The number of hydrogen-bond acceptors (Lipinski definition) is 1. The quantitative estimate of drug-likeness (QED) is 0.662. The van der Waals surface area contributed by atoms with Gasteiger partial charge in [0.2, 0.25) is 0 Å². The summed E-state index contributed by atoms with van der Waals surface area (Å²) in [7, 11) is 0. The first-order chi connectivity index (χ1) is 10.2. The predicted octanol–water partition coefficient (Wildman–Crippen LogP) is 5.51. The van der Waals surface area contributed by atoms with Crippen molar-refractivity contribution < 1.29 is 9.13 Å². The monoisotopic (exact) mass is 304 g/mol. The van der Waals surface area contributed by atoms with Crippen molar-refractivity contribution in [3.8, 4) is 16.9 Å². The first-order valence-electron chi connectivity index (χ1n) is 7.34. The van der Waals surface area contributed by atoms with Crippen molar-refractivity contribution in [3.05, 3.63) is 53.3 Å². The molecule has 0 N–H and O–H groups in total. The Labute approximate surface area is 129 Å². The van der Waals surface area contributed by atoms with Gasteiger partial charge in [-0.05, 0) is 60.6 Å². The summed E-state index contributed by atoms with van der Waals surface area (Å²) in [5.41, 5.74) is 4.50. The molecule has 1 fully saturated rings. The van der Waals surface area contributed by atoms with Crippen LogP contribution in [0.4, 0.5) is 4.39 Å². The first-order valence-corrected chi connectivity index (χ1v) is 7.88. The van der Waals surface area contributed by atoms with Crippen LogP contribution in [0, 0.1) is 5.82 Å². The van der Waals surface area contributed by atoms with E-state index in [0.29, 0.717) is 18.4 Å². The molecule has 21 heavy (non-hydrogen) atoms. The largest absolute Gasteiger partial charge is 0.494 e. The van der Waals surface area contributed by atoms with Gasteiger partial charge in [-0.25, -0.2) is 4.39 Å². The molecule has 110 valence electrons. The maximum atomic E-state index is 13.2. The summed E-state index contributed by atoms with van der Waals surface area (Å²) >= 11 is 6.05. The van der Waals surface area contributed by atoms with E-state index in [1.54, 1.807) is 0 Å². The minimum Gasteiger partial charge on any atom is -0.494 e. The third-order valence-corrected chi connectivity index (χ3v) is 4.14. The molecular formula is C18H18ClFO. The highest BCUT2D eigenvalue weighted by Crippen LogP contribution is 2.46. The van der Waals surface area contributed by atoms with Crippen LogP contribution in [0.15, 0.2) is 36.4 Å². The summed E-state index contributed by atoms with van der Waals surface area (Å²) in [4.78, 5) is 0. The standard InChI is InChI=1S/C18H18ClFO/c1-2-21-18-10-17(13-5-7-15(20)8-6-13)16(12-3-4-12)9-14(18)11-19/h5-10,12H,2-4,11H2,1H3. The second-order valence-electron chi connectivity index (χ2n) is 5.39. The van der Waals surface area contributed by atoms with Gasteiger partial charge in [-0.1, -0.05) is 18.2 Å². The van der Waals surface area contributed by atoms with Gasteiger partial charge in [0.1, 0.15) is 11.6 Å². The molecule has 0 spiro atoms. The van der Waals surface area contributed by atoms with E-state index in [1.165, 1.54) is 30.5 Å². The van der Waals surface area contributed by atoms with E-state index in [4.69, 9.17) is 16.3 Å². The Morgan fingerprint density at radius 1 is 1.19 bits per heavy atom. The first kappa shape index (κ1) is 14.4. The van der Waals surface area contributed by atoms with Gasteiger partial charge >= 0.3 is 0 Å². The minimum absolute atomic E-state index is 0.214. The van der Waals surface area contributed by atoms with Gasteiger partial charge in [0, 0.05) is 5.56 Å². The van der Waals surface area contributed by atoms with Crippen molar-refractivity contribution in [1.82, 2.24) is 0 Å². The van der Waals surface area contributed by atoms with Gasteiger partial charge in [-0.2, -0.15) is 0 Å². The summed E-state index contributed by atoms with van der Waals surface area (Å²) in [6.45, 7) is 2.57. The molecule has 3 heteroatoms. The third-order valence-electron chi connectivity index (χ3n) is 3.85. The zero-order valence-electron chi connectivity index (χ0n) is 12.0. The smallest absolute Gasteiger partial charge is 0.124 e. The SMILES string of the molecule is CCOc1cc(-c2ccc(F)cc2)c(C2CC2)cc1CCl. The number of alkyl halides is 1. The Balaban J connectivity index is 2.11. The Morgan fingerprint density at radius 3 is 2.48 bits per heavy atom. The van der Waals surface area contributed by atoms with Crippen LogP contribution in [0.1, 0.15) is 36.8 Å². The summed E-state index contributed by atoms with van der Waals surface area (Å²) in [5.74, 6) is 1.66. The lowest BCUT2D eigenvalue weighted by molar-refractivity contribution is 0.337. The summed E-state index contributed by atoms with van der Waals surface area (Å²) in [6, 6.07) is 10.9. The van der Waals surface area contributed by atoms with Crippen LogP contribution in [-0.2, 0) is 5.88 Å². The Hall–Kier alpha value is -1.54. The zero-order valence-corrected chi connectivity index (χ0v) is 12.8. The highest BCUT2D eigenvalue weighted by molar-refractivity contribution is 6.17. The van der Waals surface area contributed by atoms with Crippen molar-refractivity contribution in [1.29, 1.82) is 0 Å². The molecule has 2 aromatic rings. The van der Waals surface area contributed by atoms with Crippen LogP contribution in [-0.4, -0.2) is 6.61 Å². The van der Waals surface area contributed by atoms with Crippen LogP contribution in [0.25, 0.3) is 11.1 Å². The lowest BCUT2D eigenvalue weighted by Gasteiger charge is -2.16. The molecule has 1 aliphatic carbocycles. The highest BCUT2D eigenvalue weighted by Gasteiger charge is 2.27. The van der Waals surface area contributed by atoms with E-state index in [-0.39, 0.29) is 5.82 Å². The van der Waals surface area contributed by atoms with Crippen LogP contribution >= 0.6 is 11.6 Å². The molecule has 0 aromatic heterocycles. The van der Waals surface area contributed by atoms with Gasteiger partial charge in [0.15, 0.2) is 0 Å². The highest BCUT2D eigenvalue weighted by atomic mass is 35.5. The topological polar surface area (TPSA) is 9.23 Å². The predicted molar refractivity (Wildman–Crippen MR) is 84.5 cm³/mol. The van der Waals surface area contributed by atoms with E-state index in [2.05, 4.69) is 12.1 Å². The molecule has 1 nitrogen and oxygen atoms in total. The van der Waals surface area contributed by atoms with Gasteiger partial charge in [-0.3, -0.25) is 0 Å². The van der Waals surface area contributed by atoms with Crippen molar-refractivity contribution in [2.75, 3.05) is 6.61 Å². The van der Waals surface area contributed by atoms with E-state index in [0.717, 1.165) is 22.4 Å². The molecule has 1 saturated carbocycles. The number of ether oxygens (including phenoxy) is 1. The molecule has 0 heterocycles. The average molecular weight is 305 g/mol. The summed E-state index contributed by atoms with van der Waals surface area (Å²) in [5, 5.41) is 0. The van der Waals surface area contributed by atoms with Crippen molar-refractivity contribution in [3.63, 3.8) is 0 Å². The van der Waals surface area contributed by atoms with Gasteiger partial charge in [0.05, 0.1) is 12.5 Å². The van der Waals surface area contributed by atoms with Gasteiger partial charge in [0.25, 0.3) is 0 Å². The van der Waals surface area contributed by atoms with Crippen molar-refractivity contribution >= 4 is 11.6 Å². The van der Waals surface area contributed by atoms with Gasteiger partial charge in [-0.15, -0.1) is 11.6 Å². The van der Waals surface area contributed by atoms with E-state index >= 15 is 0 Å². The Kier molecular flexibility index (Phi) is 4.16. The van der Waals surface area contributed by atoms with Crippen molar-refractivity contribution in [2.45, 2.75) is 31.6 Å². The Morgan fingerprint density at radius 2 is 1.90 bits per heavy atom. The second-order valence-corrected chi connectivity index (χ2v) is 5.66. The zero-order chi connectivity index (χ0) is 14.8. The lowest BCUT2D eigenvalue weighted by Crippen LogP contribution is -1.99. The molecule has 1 aliphatic rings. The number of rotatable bonds is 5. The minimum atomic E-state index is -0.214. The van der Waals surface area contributed by atoms with Crippen LogP contribution in [0.3, 0.4) is 0 Å². The van der Waals surface area contributed by atoms with E-state index in [9.17, 15) is 4.39 Å². The summed E-state index contributed by atoms with van der Waals surface area (Å²) in [6.07, 6.45) is 2.42. The third kappa shape index (κ3) is 3.06. The number of halogens is 2. The second kappa shape index (κ2) is 6.07. The molecule has 0 aliphatic heterocycles. The van der Waals surface area contributed by atoms with Crippen LogP contribution in [0.2, 0.25) is 0 Å². The molecule has 3 rings (SSSR count). The lowest BCUT2D eigenvalue weighted by atomic mass is 9.94. The molecule has 0 amide bonds. The maximum Gasteiger partial charge on any atom is 0.124 e. The summed E-state index contributed by atoms with van der Waals surface area (Å²) < 4.78 is 18.9. The number of hydrogen-bond donors (Lipinski definition) is 0. The fourth-order valence-corrected chi connectivity index (χ4v) is 2.86. The van der Waals surface area contributed by atoms with E-state index < -0.39 is 0 Å². The molecule has 0 atom stereocenters. The molecule has 2 aromatic carbocycles. The fourth-order valence-electron chi connectivity index (χ4n) is 2.65. The molecular weight excluding hydrogens is 287 g/mol. The van der Waals surface area contributed by atoms with Crippen LogP contribution in [0.5, 0.6) is 5.75 Å². The van der Waals surface area contributed by atoms with Crippen LogP contribution < -0.4 is 4.74 Å². The average Bonchev–Trinajstić information content (AvgIpc) is 3.33. The molecule has 0 unspecified atom stereocenters. The normalized spacial score (nSPS) is 14.2. The Bertz CT molecular complexity index is 632. The molecule has 0 radical (unpaired) electrons. The van der Waals surface area contributed by atoms with Crippen molar-refractivity contribution in [2.24, 2.45) is 0 Å².